The monoisotopic (exact) mass is 521 g/mol. The molecule has 3 nitrogen and oxygen atoms in total. The van der Waals surface area contributed by atoms with E-state index in [1.807, 2.05) is 74.5 Å². The van der Waals surface area contributed by atoms with Crippen molar-refractivity contribution in [3.05, 3.63) is 139 Å². The number of nitrogens with zero attached hydrogens (tertiary/aromatic N) is 1. The van der Waals surface area contributed by atoms with Crippen LogP contribution in [0.25, 0.3) is 29.0 Å². The fourth-order valence-electron chi connectivity index (χ4n) is 3.79. The summed E-state index contributed by atoms with van der Waals surface area (Å²) in [6.07, 6.45) is 7.72. The van der Waals surface area contributed by atoms with E-state index in [1.54, 1.807) is 13.2 Å². The van der Waals surface area contributed by atoms with E-state index in [2.05, 4.69) is 81.7 Å². The Morgan fingerprint density at radius 1 is 0.821 bits per heavy atom. The predicted molar refractivity (Wildman–Crippen MR) is 175 cm³/mol. The van der Waals surface area contributed by atoms with Crippen molar-refractivity contribution in [2.75, 3.05) is 26.1 Å². The normalized spacial score (nSPS) is 9.69. The van der Waals surface area contributed by atoms with Crippen molar-refractivity contribution in [1.29, 1.82) is 0 Å². The van der Waals surface area contributed by atoms with E-state index in [9.17, 15) is 0 Å². The fourth-order valence-corrected chi connectivity index (χ4v) is 3.79. The highest BCUT2D eigenvalue weighted by Gasteiger charge is 2.04. The quantitative estimate of drug-likeness (QED) is 0.257. The SMILES string of the molecule is C/C=C/c1ccc(CO)cc1.C=C.C=Cc1ccc(C)cc1OC.C=Cc1ccc(N(C)C)c2ccccc12. The molecule has 204 valence electrons. The van der Waals surface area contributed by atoms with Gasteiger partial charge in [-0.1, -0.05) is 104 Å². The molecule has 1 N–H and O–H groups in total. The maximum absolute atomic E-state index is 8.74. The van der Waals surface area contributed by atoms with Crippen molar-refractivity contribution in [3.8, 4) is 5.75 Å². The van der Waals surface area contributed by atoms with Crippen LogP contribution in [0.4, 0.5) is 5.69 Å². The Morgan fingerprint density at radius 3 is 1.92 bits per heavy atom. The summed E-state index contributed by atoms with van der Waals surface area (Å²) >= 11 is 0. The molecular weight excluding hydrogens is 478 g/mol. The summed E-state index contributed by atoms with van der Waals surface area (Å²) in [7, 11) is 5.80. The van der Waals surface area contributed by atoms with Crippen molar-refractivity contribution in [2.45, 2.75) is 20.5 Å². The molecule has 0 unspecified atom stereocenters. The highest BCUT2D eigenvalue weighted by Crippen LogP contribution is 2.28. The number of aliphatic hydroxyl groups is 1. The van der Waals surface area contributed by atoms with Gasteiger partial charge < -0.3 is 14.7 Å². The van der Waals surface area contributed by atoms with E-state index in [0.717, 1.165) is 16.9 Å². The van der Waals surface area contributed by atoms with Gasteiger partial charge in [0.1, 0.15) is 5.75 Å². The third kappa shape index (κ3) is 10.1. The number of hydrogen-bond acceptors (Lipinski definition) is 3. The number of fused-ring (bicyclic) bond motifs is 1. The molecule has 0 aliphatic carbocycles. The van der Waals surface area contributed by atoms with E-state index in [4.69, 9.17) is 9.84 Å². The Labute approximate surface area is 235 Å². The topological polar surface area (TPSA) is 32.7 Å². The molecule has 0 bridgehead atoms. The molecule has 0 saturated carbocycles. The molecule has 0 aliphatic heterocycles. The molecule has 0 radical (unpaired) electrons. The summed E-state index contributed by atoms with van der Waals surface area (Å²) in [4.78, 5) is 2.13. The maximum atomic E-state index is 8.74. The van der Waals surface area contributed by atoms with Gasteiger partial charge in [-0.3, -0.25) is 0 Å². The zero-order chi connectivity index (χ0) is 29.2. The number of rotatable bonds is 6. The molecule has 39 heavy (non-hydrogen) atoms. The van der Waals surface area contributed by atoms with Crippen LogP contribution in [-0.2, 0) is 6.61 Å². The number of benzene rings is 4. The minimum Gasteiger partial charge on any atom is -0.496 e. The largest absolute Gasteiger partial charge is 0.496 e. The Bertz CT molecular complexity index is 1330. The molecule has 0 saturated heterocycles. The number of allylic oxidation sites excluding steroid dienone is 1. The van der Waals surface area contributed by atoms with E-state index in [1.165, 1.54) is 33.2 Å². The first-order valence-electron chi connectivity index (χ1n) is 12.8. The summed E-state index contributed by atoms with van der Waals surface area (Å²) in [6.45, 7) is 17.7. The third-order valence-electron chi connectivity index (χ3n) is 5.77. The number of aryl methyl sites for hydroxylation is 1. The Hall–Kier alpha value is -4.34. The number of methoxy groups -OCH3 is 1. The Kier molecular flexibility index (Phi) is 15.1. The summed E-state index contributed by atoms with van der Waals surface area (Å²) in [6, 6.07) is 26.6. The molecule has 0 spiro atoms. The lowest BCUT2D eigenvalue weighted by Crippen LogP contribution is -2.09. The van der Waals surface area contributed by atoms with E-state index < -0.39 is 0 Å². The molecule has 4 aromatic rings. The second kappa shape index (κ2) is 18.0. The van der Waals surface area contributed by atoms with Gasteiger partial charge in [0.05, 0.1) is 13.7 Å². The molecule has 0 heterocycles. The van der Waals surface area contributed by atoms with Crippen LogP contribution in [-0.4, -0.2) is 26.3 Å². The highest BCUT2D eigenvalue weighted by atomic mass is 16.5. The standard InChI is InChI=1S/C14H15N.2C10H12O.C2H4/c1-4-11-9-10-14(15(2)3)13-8-6-5-7-12(11)13;1-4-9-6-5-8(2)7-10(9)11-3;1-2-3-9-4-6-10(8-11)7-5-9;1-2/h4-10H,1H2,2-3H3;4-7H,1H2,2-3H3;2-7,11H,8H2,1H3;1-2H2/b;;3-2+;. The van der Waals surface area contributed by atoms with Crippen molar-refractivity contribution in [3.63, 3.8) is 0 Å². The van der Waals surface area contributed by atoms with Gasteiger partial charge in [-0.15, -0.1) is 13.2 Å². The van der Waals surface area contributed by atoms with Gasteiger partial charge in [0.2, 0.25) is 0 Å². The maximum Gasteiger partial charge on any atom is 0.126 e. The third-order valence-corrected chi connectivity index (χ3v) is 5.77. The van der Waals surface area contributed by atoms with E-state index in [0.29, 0.717) is 0 Å². The second-order valence-corrected chi connectivity index (χ2v) is 8.67. The van der Waals surface area contributed by atoms with Crippen molar-refractivity contribution >= 4 is 34.7 Å². The van der Waals surface area contributed by atoms with Crippen LogP contribution in [0.2, 0.25) is 0 Å². The summed E-state index contributed by atoms with van der Waals surface area (Å²) in [5.41, 5.74) is 6.81. The zero-order valence-electron chi connectivity index (χ0n) is 24.2. The molecule has 4 rings (SSSR count). The van der Waals surface area contributed by atoms with E-state index >= 15 is 0 Å². The van der Waals surface area contributed by atoms with Gasteiger partial charge in [-0.05, 0) is 53.6 Å². The van der Waals surface area contributed by atoms with Crippen LogP contribution in [0.1, 0.15) is 34.7 Å². The van der Waals surface area contributed by atoms with Crippen LogP contribution >= 0.6 is 0 Å². The lowest BCUT2D eigenvalue weighted by atomic mass is 10.0. The minimum absolute atomic E-state index is 0.121. The lowest BCUT2D eigenvalue weighted by Gasteiger charge is -2.16. The molecule has 0 aromatic heterocycles. The first-order valence-corrected chi connectivity index (χ1v) is 12.8. The van der Waals surface area contributed by atoms with Gasteiger partial charge in [-0.2, -0.15) is 0 Å². The smallest absolute Gasteiger partial charge is 0.126 e. The fraction of sp³-hybridized carbons (Fsp3) is 0.167. The van der Waals surface area contributed by atoms with Crippen molar-refractivity contribution < 1.29 is 9.84 Å². The predicted octanol–water partition coefficient (Wildman–Crippen LogP) is 9.21. The average molecular weight is 522 g/mol. The molecule has 0 fully saturated rings. The molecule has 3 heteroatoms. The van der Waals surface area contributed by atoms with Gasteiger partial charge >= 0.3 is 0 Å². The van der Waals surface area contributed by atoms with E-state index in [-0.39, 0.29) is 6.61 Å². The first-order chi connectivity index (χ1) is 18.9. The summed E-state index contributed by atoms with van der Waals surface area (Å²) in [5.74, 6) is 0.889. The zero-order valence-corrected chi connectivity index (χ0v) is 24.2. The number of aliphatic hydroxyl groups excluding tert-OH is 1. The summed E-state index contributed by atoms with van der Waals surface area (Å²) < 4.78 is 5.15. The van der Waals surface area contributed by atoms with Gasteiger partial charge in [0.15, 0.2) is 0 Å². The molecule has 0 amide bonds. The molecule has 4 aromatic carbocycles. The first kappa shape index (κ1) is 32.7. The van der Waals surface area contributed by atoms with Crippen LogP contribution in [0, 0.1) is 6.92 Å². The lowest BCUT2D eigenvalue weighted by molar-refractivity contribution is 0.282. The average Bonchev–Trinajstić information content (AvgIpc) is 2.98. The number of hydrogen-bond donors (Lipinski definition) is 1. The van der Waals surface area contributed by atoms with Crippen LogP contribution < -0.4 is 9.64 Å². The van der Waals surface area contributed by atoms with Crippen LogP contribution in [0.15, 0.2) is 111 Å². The molecular formula is C36H43NO2. The Morgan fingerprint density at radius 2 is 1.41 bits per heavy atom. The number of ether oxygens (including phenoxy) is 1. The Balaban J connectivity index is 0.000000288. The molecule has 0 atom stereocenters. The van der Waals surface area contributed by atoms with Crippen LogP contribution in [0.5, 0.6) is 5.75 Å². The van der Waals surface area contributed by atoms with Gasteiger partial charge in [0.25, 0.3) is 0 Å². The molecule has 0 aliphatic rings. The van der Waals surface area contributed by atoms with Crippen LogP contribution in [0.3, 0.4) is 0 Å². The van der Waals surface area contributed by atoms with Crippen molar-refractivity contribution in [2.24, 2.45) is 0 Å². The minimum atomic E-state index is 0.121. The number of anilines is 1. The van der Waals surface area contributed by atoms with Gasteiger partial charge in [-0.25, -0.2) is 0 Å². The highest BCUT2D eigenvalue weighted by molar-refractivity contribution is 5.99. The van der Waals surface area contributed by atoms with Crippen molar-refractivity contribution in [1.82, 2.24) is 0 Å². The summed E-state index contributed by atoms with van der Waals surface area (Å²) in [5, 5.41) is 11.3. The second-order valence-electron chi connectivity index (χ2n) is 8.67. The van der Waals surface area contributed by atoms with Gasteiger partial charge in [0, 0.05) is 30.7 Å².